The molecule has 98 valence electrons. The lowest BCUT2D eigenvalue weighted by Gasteiger charge is -2.55. The van der Waals surface area contributed by atoms with Crippen molar-refractivity contribution in [2.75, 3.05) is 11.9 Å². The fourth-order valence-corrected chi connectivity index (χ4v) is 3.60. The van der Waals surface area contributed by atoms with Gasteiger partial charge in [0.2, 0.25) is 0 Å². The molecule has 1 N–H and O–H groups in total. The first-order valence-electron chi connectivity index (χ1n) is 6.50. The van der Waals surface area contributed by atoms with Gasteiger partial charge in [0.1, 0.15) is 0 Å². The molecule has 1 aliphatic heterocycles. The van der Waals surface area contributed by atoms with Crippen molar-refractivity contribution in [3.63, 3.8) is 0 Å². The Bertz CT molecular complexity index is 475. The van der Waals surface area contributed by atoms with E-state index < -0.39 is 0 Å². The summed E-state index contributed by atoms with van der Waals surface area (Å²) in [7, 11) is 0. The molecule has 0 radical (unpaired) electrons. The quantitative estimate of drug-likeness (QED) is 0.835. The Morgan fingerprint density at radius 3 is 3.06 bits per heavy atom. The van der Waals surface area contributed by atoms with Gasteiger partial charge in [0.25, 0.3) is 0 Å². The van der Waals surface area contributed by atoms with Crippen LogP contribution in [0, 0.1) is 18.3 Å². The molecule has 0 aromatic carbocycles. The van der Waals surface area contributed by atoms with Crippen LogP contribution < -0.4 is 5.32 Å². The number of halogens is 1. The number of anilines is 1. The van der Waals surface area contributed by atoms with Crippen LogP contribution in [-0.4, -0.2) is 23.7 Å². The van der Waals surface area contributed by atoms with E-state index in [9.17, 15) is 0 Å². The summed E-state index contributed by atoms with van der Waals surface area (Å²) in [5.41, 5.74) is 2.23. The number of aromatic nitrogens is 1. The monoisotopic (exact) mass is 266 g/mol. The fraction of sp³-hybridized carbons (Fsp3) is 0.643. The summed E-state index contributed by atoms with van der Waals surface area (Å²) in [6.45, 7) is 7.43. The molecule has 2 aliphatic rings. The zero-order valence-electron chi connectivity index (χ0n) is 11.0. The zero-order chi connectivity index (χ0) is 12.9. The largest absolute Gasteiger partial charge is 0.379 e. The standard InChI is InChI=1S/C14H19ClN2O/c1-8-6-10(13(15)16-7-8)17-11-9-4-5-18-12(9)14(11,2)3/h6-7,9,11-12,17H,4-5H2,1-3H3. The number of aryl methyl sites for hydroxylation is 1. The first-order chi connectivity index (χ1) is 8.50. The van der Waals surface area contributed by atoms with Crippen LogP contribution in [0.3, 0.4) is 0 Å². The predicted octanol–water partition coefficient (Wildman–Crippen LogP) is 3.27. The van der Waals surface area contributed by atoms with E-state index >= 15 is 0 Å². The first kappa shape index (κ1) is 12.2. The van der Waals surface area contributed by atoms with E-state index in [1.54, 1.807) is 6.20 Å². The molecule has 2 heterocycles. The van der Waals surface area contributed by atoms with Crippen molar-refractivity contribution in [3.8, 4) is 0 Å². The highest BCUT2D eigenvalue weighted by Gasteiger charge is 2.59. The lowest BCUT2D eigenvalue weighted by Crippen LogP contribution is -2.63. The van der Waals surface area contributed by atoms with Gasteiger partial charge in [-0.3, -0.25) is 0 Å². The van der Waals surface area contributed by atoms with E-state index in [4.69, 9.17) is 16.3 Å². The summed E-state index contributed by atoms with van der Waals surface area (Å²) in [6, 6.07) is 2.49. The minimum atomic E-state index is 0.161. The molecule has 0 bridgehead atoms. The summed E-state index contributed by atoms with van der Waals surface area (Å²) in [6.07, 6.45) is 3.33. The maximum atomic E-state index is 6.15. The second-order valence-electron chi connectivity index (χ2n) is 6.04. The number of nitrogens with one attached hydrogen (secondary N) is 1. The Morgan fingerprint density at radius 1 is 1.50 bits per heavy atom. The Kier molecular flexibility index (Phi) is 2.79. The summed E-state index contributed by atoms with van der Waals surface area (Å²) in [4.78, 5) is 4.20. The Hall–Kier alpha value is -0.800. The Morgan fingerprint density at radius 2 is 2.28 bits per heavy atom. The van der Waals surface area contributed by atoms with Crippen LogP contribution >= 0.6 is 11.6 Å². The second-order valence-corrected chi connectivity index (χ2v) is 6.40. The maximum Gasteiger partial charge on any atom is 0.152 e. The molecule has 3 unspecified atom stereocenters. The highest BCUT2D eigenvalue weighted by molar-refractivity contribution is 6.32. The lowest BCUT2D eigenvalue weighted by atomic mass is 9.57. The SMILES string of the molecule is Cc1cnc(Cl)c(NC2C3CCOC3C2(C)C)c1. The molecular weight excluding hydrogens is 248 g/mol. The van der Waals surface area contributed by atoms with E-state index in [0.29, 0.717) is 23.2 Å². The second kappa shape index (κ2) is 4.10. The molecule has 1 saturated heterocycles. The number of hydrogen-bond acceptors (Lipinski definition) is 3. The van der Waals surface area contributed by atoms with Crippen LogP contribution in [0.15, 0.2) is 12.3 Å². The van der Waals surface area contributed by atoms with Gasteiger partial charge in [0.15, 0.2) is 5.15 Å². The van der Waals surface area contributed by atoms with Crippen molar-refractivity contribution in [3.05, 3.63) is 23.0 Å². The number of fused-ring (bicyclic) bond motifs is 1. The van der Waals surface area contributed by atoms with Gasteiger partial charge in [-0.2, -0.15) is 0 Å². The Balaban J connectivity index is 1.82. The van der Waals surface area contributed by atoms with E-state index in [0.717, 1.165) is 24.3 Å². The zero-order valence-corrected chi connectivity index (χ0v) is 11.8. The summed E-state index contributed by atoms with van der Waals surface area (Å²) < 4.78 is 5.80. The van der Waals surface area contributed by atoms with Gasteiger partial charge in [-0.25, -0.2) is 4.98 Å². The average Bonchev–Trinajstić information content (AvgIpc) is 2.77. The van der Waals surface area contributed by atoms with Crippen LogP contribution in [0.1, 0.15) is 25.8 Å². The van der Waals surface area contributed by atoms with Crippen LogP contribution in [0.25, 0.3) is 0 Å². The molecule has 0 amide bonds. The molecule has 3 rings (SSSR count). The third-order valence-electron chi connectivity index (χ3n) is 4.39. The van der Waals surface area contributed by atoms with Gasteiger partial charge < -0.3 is 10.1 Å². The van der Waals surface area contributed by atoms with Crippen molar-refractivity contribution in [1.29, 1.82) is 0 Å². The van der Waals surface area contributed by atoms with E-state index in [1.807, 2.05) is 6.92 Å². The van der Waals surface area contributed by atoms with Crippen LogP contribution in [0.5, 0.6) is 0 Å². The molecular formula is C14H19ClN2O. The van der Waals surface area contributed by atoms with E-state index in [2.05, 4.69) is 30.2 Å². The van der Waals surface area contributed by atoms with Crippen molar-refractivity contribution in [1.82, 2.24) is 4.98 Å². The molecule has 2 fully saturated rings. The summed E-state index contributed by atoms with van der Waals surface area (Å²) in [5.74, 6) is 0.608. The minimum Gasteiger partial charge on any atom is -0.379 e. The normalized spacial score (nSPS) is 32.8. The van der Waals surface area contributed by atoms with Gasteiger partial charge in [-0.15, -0.1) is 0 Å². The molecule has 3 nitrogen and oxygen atoms in total. The smallest absolute Gasteiger partial charge is 0.152 e. The van der Waals surface area contributed by atoms with Crippen molar-refractivity contribution in [2.24, 2.45) is 11.3 Å². The fourth-order valence-electron chi connectivity index (χ4n) is 3.44. The van der Waals surface area contributed by atoms with Gasteiger partial charge in [-0.05, 0) is 25.0 Å². The van der Waals surface area contributed by atoms with E-state index in [1.165, 1.54) is 0 Å². The molecule has 3 atom stereocenters. The highest BCUT2D eigenvalue weighted by Crippen LogP contribution is 2.53. The molecule has 1 aromatic rings. The molecule has 1 aromatic heterocycles. The average molecular weight is 267 g/mol. The van der Waals surface area contributed by atoms with Crippen molar-refractivity contribution in [2.45, 2.75) is 39.3 Å². The predicted molar refractivity (Wildman–Crippen MR) is 73.0 cm³/mol. The molecule has 18 heavy (non-hydrogen) atoms. The topological polar surface area (TPSA) is 34.2 Å². The van der Waals surface area contributed by atoms with Gasteiger partial charge in [0, 0.05) is 30.2 Å². The van der Waals surface area contributed by atoms with Crippen LogP contribution in [0.2, 0.25) is 5.15 Å². The van der Waals surface area contributed by atoms with Gasteiger partial charge in [-0.1, -0.05) is 25.4 Å². The molecule has 0 spiro atoms. The number of pyridine rings is 1. The summed E-state index contributed by atoms with van der Waals surface area (Å²) in [5, 5.41) is 4.13. The lowest BCUT2D eigenvalue weighted by molar-refractivity contribution is -0.0923. The van der Waals surface area contributed by atoms with E-state index in [-0.39, 0.29) is 5.41 Å². The highest BCUT2D eigenvalue weighted by atomic mass is 35.5. The third-order valence-corrected chi connectivity index (χ3v) is 4.69. The number of hydrogen-bond donors (Lipinski definition) is 1. The molecule has 1 aliphatic carbocycles. The van der Waals surface area contributed by atoms with Gasteiger partial charge in [0.05, 0.1) is 11.8 Å². The van der Waals surface area contributed by atoms with Crippen LogP contribution in [-0.2, 0) is 4.74 Å². The number of ether oxygens (including phenoxy) is 1. The minimum absolute atomic E-state index is 0.161. The van der Waals surface area contributed by atoms with Gasteiger partial charge >= 0.3 is 0 Å². The number of rotatable bonds is 2. The maximum absolute atomic E-state index is 6.15. The van der Waals surface area contributed by atoms with Crippen molar-refractivity contribution >= 4 is 17.3 Å². The first-order valence-corrected chi connectivity index (χ1v) is 6.88. The summed E-state index contributed by atoms with van der Waals surface area (Å²) >= 11 is 6.15. The third kappa shape index (κ3) is 1.72. The number of nitrogens with zero attached hydrogens (tertiary/aromatic N) is 1. The molecule has 4 heteroatoms. The Labute approximate surface area is 113 Å². The molecule has 1 saturated carbocycles. The van der Waals surface area contributed by atoms with Crippen molar-refractivity contribution < 1.29 is 4.74 Å². The van der Waals surface area contributed by atoms with Crippen LogP contribution in [0.4, 0.5) is 5.69 Å².